The molecule has 0 radical (unpaired) electrons. The fourth-order valence-electron chi connectivity index (χ4n) is 5.17. The van der Waals surface area contributed by atoms with E-state index >= 15 is 0 Å². The number of amides is 4. The molecule has 0 aliphatic rings. The third kappa shape index (κ3) is 12.9. The van der Waals surface area contributed by atoms with Gasteiger partial charge in [0, 0.05) is 31.5 Å². The molecule has 0 spiro atoms. The highest BCUT2D eigenvalue weighted by Gasteiger charge is 2.27. The van der Waals surface area contributed by atoms with Gasteiger partial charge in [-0.2, -0.15) is 20.5 Å². The normalized spacial score (nSPS) is 12.2. The number of rotatable bonds is 14. The van der Waals surface area contributed by atoms with Crippen LogP contribution in [0.4, 0.5) is 34.1 Å². The first-order chi connectivity index (χ1) is 29.3. The summed E-state index contributed by atoms with van der Waals surface area (Å²) in [5.41, 5.74) is 0.604. The Morgan fingerprint density at radius 3 is 1.10 bits per heavy atom. The van der Waals surface area contributed by atoms with E-state index in [0.717, 1.165) is 13.8 Å². The second kappa shape index (κ2) is 21.3. The van der Waals surface area contributed by atoms with Crippen molar-refractivity contribution >= 4 is 162 Å². The van der Waals surface area contributed by atoms with Gasteiger partial charge in [-0.1, -0.05) is 92.8 Å². The zero-order valence-corrected chi connectivity index (χ0v) is 37.5. The van der Waals surface area contributed by atoms with Gasteiger partial charge in [-0.15, -0.1) is 0 Å². The Hall–Kier alpha value is -5.16. The standard InChI is InChI=1S/C40H26Cl8N8O6/c1-17(57)35(55-53-23-3-5-29(45)27(13-23)37(59)49-25-9-19(41)7-20(42)10-25)39(61)51-33-15-32(48)34(16-31(33)47)52-40(62)36(18(2)58)56-54-24-4-6-30(46)28(14-24)38(60)50-26-11-21(43)8-22(44)12-26/h3-16,35-36H,1-2H3,(H,49,59)(H,50,60)(H,51,61)(H,52,62). The van der Waals surface area contributed by atoms with E-state index in [9.17, 15) is 28.8 Å². The number of carbonyl (C=O) groups excluding carboxylic acids is 6. The summed E-state index contributed by atoms with van der Waals surface area (Å²) in [6, 6.07) is 16.1. The second-order valence-electron chi connectivity index (χ2n) is 12.8. The minimum atomic E-state index is -1.68. The SMILES string of the molecule is CC(=O)C(N=Nc1ccc(Cl)c(C(=O)Nc2cc(Cl)cc(Cl)c2)c1)C(=O)Nc1cc(Cl)c(NC(=O)C(N=Nc2ccc(Cl)c(C(=O)Nc3cc(Cl)cc(Cl)c3)c2)C(C)=O)cc1Cl. The number of carbonyl (C=O) groups is 6. The molecule has 0 heterocycles. The largest absolute Gasteiger partial charge is 0.322 e. The molecule has 14 nitrogen and oxygen atoms in total. The van der Waals surface area contributed by atoms with E-state index in [2.05, 4.69) is 41.7 Å². The van der Waals surface area contributed by atoms with Crippen LogP contribution in [0.5, 0.6) is 0 Å². The van der Waals surface area contributed by atoms with E-state index in [1.165, 1.54) is 84.9 Å². The Morgan fingerprint density at radius 1 is 0.435 bits per heavy atom. The number of nitrogens with zero attached hydrogens (tertiary/aromatic N) is 4. The van der Waals surface area contributed by atoms with E-state index in [-0.39, 0.29) is 54.0 Å². The van der Waals surface area contributed by atoms with Gasteiger partial charge < -0.3 is 21.3 Å². The molecule has 0 bridgehead atoms. The average molecular weight is 998 g/mol. The summed E-state index contributed by atoms with van der Waals surface area (Å²) in [6.45, 7) is 2.22. The monoisotopic (exact) mass is 994 g/mol. The lowest BCUT2D eigenvalue weighted by molar-refractivity contribution is -0.127. The van der Waals surface area contributed by atoms with Crippen LogP contribution in [0.2, 0.25) is 40.2 Å². The molecule has 22 heteroatoms. The number of nitrogens with one attached hydrogen (secondary N) is 4. The molecule has 0 saturated carbocycles. The molecule has 5 rings (SSSR count). The van der Waals surface area contributed by atoms with Gasteiger partial charge in [-0.3, -0.25) is 28.8 Å². The molecule has 0 saturated heterocycles. The van der Waals surface area contributed by atoms with Crippen molar-refractivity contribution in [2.45, 2.75) is 25.9 Å². The third-order valence-corrected chi connectivity index (χ3v) is 10.2. The van der Waals surface area contributed by atoms with Crippen molar-refractivity contribution in [1.82, 2.24) is 0 Å². The van der Waals surface area contributed by atoms with Gasteiger partial charge in [-0.05, 0) is 98.8 Å². The lowest BCUT2D eigenvalue weighted by Crippen LogP contribution is -2.32. The van der Waals surface area contributed by atoms with E-state index in [1.54, 1.807) is 0 Å². The zero-order valence-electron chi connectivity index (χ0n) is 31.5. The molecule has 5 aromatic carbocycles. The molecule has 0 aliphatic heterocycles. The maximum Gasteiger partial charge on any atom is 0.258 e. The van der Waals surface area contributed by atoms with Crippen LogP contribution in [-0.2, 0) is 19.2 Å². The van der Waals surface area contributed by atoms with Gasteiger partial charge in [0.1, 0.15) is 0 Å². The van der Waals surface area contributed by atoms with Gasteiger partial charge in [-0.25, -0.2) is 0 Å². The van der Waals surface area contributed by atoms with Crippen LogP contribution in [0.1, 0.15) is 34.6 Å². The Bertz CT molecular complexity index is 2490. The van der Waals surface area contributed by atoms with Crippen molar-refractivity contribution in [3.63, 3.8) is 0 Å². The molecular formula is C40H26Cl8N8O6. The highest BCUT2D eigenvalue weighted by molar-refractivity contribution is 6.39. The molecule has 62 heavy (non-hydrogen) atoms. The third-order valence-electron chi connectivity index (χ3n) is 8.05. The topological polar surface area (TPSA) is 200 Å². The minimum Gasteiger partial charge on any atom is -0.322 e. The summed E-state index contributed by atoms with van der Waals surface area (Å²) in [5.74, 6) is -4.56. The number of azo groups is 2. The molecule has 4 N–H and O–H groups in total. The van der Waals surface area contributed by atoms with Crippen molar-refractivity contribution < 1.29 is 28.8 Å². The number of halogens is 8. The van der Waals surface area contributed by atoms with Crippen LogP contribution in [-0.4, -0.2) is 47.3 Å². The van der Waals surface area contributed by atoms with Crippen LogP contribution in [0, 0.1) is 0 Å². The molecule has 0 aromatic heterocycles. The number of hydrogen-bond acceptors (Lipinski definition) is 10. The Morgan fingerprint density at radius 2 is 0.774 bits per heavy atom. The van der Waals surface area contributed by atoms with Gasteiger partial charge in [0.25, 0.3) is 23.6 Å². The van der Waals surface area contributed by atoms with Crippen LogP contribution >= 0.6 is 92.8 Å². The molecule has 318 valence electrons. The van der Waals surface area contributed by atoms with Crippen molar-refractivity contribution in [2.24, 2.45) is 20.5 Å². The number of ketones is 2. The van der Waals surface area contributed by atoms with Crippen LogP contribution in [0.3, 0.4) is 0 Å². The van der Waals surface area contributed by atoms with Crippen molar-refractivity contribution in [3.05, 3.63) is 136 Å². The fraction of sp³-hybridized carbons (Fsp3) is 0.100. The average Bonchev–Trinajstić information content (AvgIpc) is 3.17. The van der Waals surface area contributed by atoms with Gasteiger partial charge in [0.2, 0.25) is 12.1 Å². The predicted octanol–water partition coefficient (Wildman–Crippen LogP) is 12.8. The molecule has 2 atom stereocenters. The second-order valence-corrected chi connectivity index (χ2v) is 16.2. The number of Topliss-reactive ketones (excluding diaryl/α,β-unsaturated/α-hetero) is 2. The highest BCUT2D eigenvalue weighted by Crippen LogP contribution is 2.34. The summed E-state index contributed by atoms with van der Waals surface area (Å²) < 4.78 is 0. The first-order valence-corrected chi connectivity index (χ1v) is 20.4. The van der Waals surface area contributed by atoms with Crippen molar-refractivity contribution in [3.8, 4) is 0 Å². The van der Waals surface area contributed by atoms with Crippen molar-refractivity contribution in [1.29, 1.82) is 0 Å². The summed E-state index contributed by atoms with van der Waals surface area (Å²) in [5, 5.41) is 26.9. The van der Waals surface area contributed by atoms with E-state index in [1.807, 2.05) is 0 Å². The van der Waals surface area contributed by atoms with Gasteiger partial charge in [0.05, 0.1) is 54.0 Å². The fourth-order valence-corrected chi connectivity index (χ4v) is 7.05. The molecule has 2 unspecified atom stereocenters. The van der Waals surface area contributed by atoms with Crippen LogP contribution in [0.25, 0.3) is 0 Å². The molecular weight excluding hydrogens is 972 g/mol. The number of hydrogen-bond donors (Lipinski definition) is 4. The van der Waals surface area contributed by atoms with Crippen molar-refractivity contribution in [2.75, 3.05) is 21.3 Å². The maximum absolute atomic E-state index is 13.3. The maximum atomic E-state index is 13.3. The summed E-state index contributed by atoms with van der Waals surface area (Å²) in [4.78, 5) is 77.5. The molecule has 0 aliphatic carbocycles. The first kappa shape index (κ1) is 47.9. The van der Waals surface area contributed by atoms with E-state index in [0.29, 0.717) is 31.5 Å². The zero-order chi connectivity index (χ0) is 45.4. The summed E-state index contributed by atoms with van der Waals surface area (Å²) in [6.07, 6.45) is 0. The quantitative estimate of drug-likeness (QED) is 0.0630. The van der Waals surface area contributed by atoms with Crippen LogP contribution in [0.15, 0.2) is 105 Å². The first-order valence-electron chi connectivity index (χ1n) is 17.3. The van der Waals surface area contributed by atoms with Gasteiger partial charge >= 0.3 is 0 Å². The smallest absolute Gasteiger partial charge is 0.258 e. The lowest BCUT2D eigenvalue weighted by atomic mass is 10.1. The highest BCUT2D eigenvalue weighted by atomic mass is 35.5. The Kier molecular flexibility index (Phi) is 16.4. The molecule has 0 fully saturated rings. The van der Waals surface area contributed by atoms with E-state index in [4.69, 9.17) is 92.8 Å². The van der Waals surface area contributed by atoms with Crippen LogP contribution < -0.4 is 21.3 Å². The minimum absolute atomic E-state index is 0.00608. The summed E-state index contributed by atoms with van der Waals surface area (Å²) in [7, 11) is 0. The Balaban J connectivity index is 1.26. The van der Waals surface area contributed by atoms with Gasteiger partial charge in [0.15, 0.2) is 11.6 Å². The van der Waals surface area contributed by atoms with E-state index < -0.39 is 47.3 Å². The number of anilines is 4. The number of benzene rings is 5. The molecule has 4 amide bonds. The summed E-state index contributed by atoms with van der Waals surface area (Å²) >= 11 is 49.5. The Labute approximate surface area is 392 Å². The molecule has 5 aromatic rings. The lowest BCUT2D eigenvalue weighted by Gasteiger charge is -2.15. The predicted molar refractivity (Wildman–Crippen MR) is 243 cm³/mol.